The average molecular weight is 896 g/mol. The molecule has 16 nitrogen and oxygen atoms in total. The van der Waals surface area contributed by atoms with Crippen molar-refractivity contribution in [2.45, 2.75) is 55.1 Å². The van der Waals surface area contributed by atoms with Crippen LogP contribution in [0.5, 0.6) is 23.0 Å². The summed E-state index contributed by atoms with van der Waals surface area (Å²) in [6.45, 7) is 6.33. The number of carbonyl (C=O) groups is 4. The summed E-state index contributed by atoms with van der Waals surface area (Å²) in [5, 5.41) is 5.97. The van der Waals surface area contributed by atoms with Gasteiger partial charge in [0.1, 0.15) is 41.7 Å². The third kappa shape index (κ3) is 10.8. The molecule has 3 fully saturated rings. The first kappa shape index (κ1) is 45.7. The summed E-state index contributed by atoms with van der Waals surface area (Å²) in [5.74, 6) is -0.157. The number of methoxy groups -OCH3 is 2. The second-order valence-electron chi connectivity index (χ2n) is 15.0. The molecule has 324 valence electrons. The van der Waals surface area contributed by atoms with Crippen molar-refractivity contribution in [3.8, 4) is 23.0 Å². The number of benzene rings is 3. The Bertz CT molecular complexity index is 2100. The number of hydrazone groups is 1. The SMILES string of the molecule is [B]OC(=O)[C@@]1(SCCN(C(=O)OC(C)(C)C)C(=O)/C(=N\N2CCOCC2)c2ccc(OCc3ccc(OC)cc3)c(OCc3ccc(OC)cc3)c2Cl)CN2C(=O)[C@@H](N)C2S1. The second-order valence-corrected chi connectivity index (χ2v) is 18.4. The molecule has 6 rings (SSSR count). The van der Waals surface area contributed by atoms with E-state index in [9.17, 15) is 19.2 Å². The summed E-state index contributed by atoms with van der Waals surface area (Å²) in [4.78, 5) is 56.9. The Labute approximate surface area is 369 Å². The van der Waals surface area contributed by atoms with E-state index in [-0.39, 0.29) is 65.8 Å². The van der Waals surface area contributed by atoms with Crippen molar-refractivity contribution in [2.75, 3.05) is 59.4 Å². The Hall–Kier alpha value is -4.82. The van der Waals surface area contributed by atoms with Crippen LogP contribution in [-0.4, -0.2) is 133 Å². The first-order valence-corrected chi connectivity index (χ1v) is 21.5. The number of hydrogen-bond acceptors (Lipinski definition) is 16. The van der Waals surface area contributed by atoms with Gasteiger partial charge in [0.2, 0.25) is 5.91 Å². The van der Waals surface area contributed by atoms with Crippen molar-refractivity contribution in [1.29, 1.82) is 0 Å². The molecule has 0 bridgehead atoms. The largest absolute Gasteiger partial charge is 0.542 e. The summed E-state index contributed by atoms with van der Waals surface area (Å²) in [5.41, 5.74) is 6.61. The monoisotopic (exact) mass is 895 g/mol. The fraction of sp³-hybridized carbons (Fsp3) is 0.439. The number of carbonyl (C=O) groups excluding carboxylic acids is 4. The van der Waals surface area contributed by atoms with Gasteiger partial charge in [-0.25, -0.2) is 9.69 Å². The number of morpholine rings is 1. The van der Waals surface area contributed by atoms with Crippen LogP contribution in [0, 0.1) is 0 Å². The highest BCUT2D eigenvalue weighted by Gasteiger charge is 2.61. The van der Waals surface area contributed by atoms with Gasteiger partial charge in [0.15, 0.2) is 21.3 Å². The van der Waals surface area contributed by atoms with Crippen LogP contribution in [0.25, 0.3) is 0 Å². The minimum Gasteiger partial charge on any atom is -0.542 e. The Morgan fingerprint density at radius 3 is 2.15 bits per heavy atom. The van der Waals surface area contributed by atoms with E-state index in [1.54, 1.807) is 64.3 Å². The standard InChI is InChI=1S/C41H47BClN5O11S2/c1-40(2,3)58-39(52)47(18-21-60-41(38(51)59-42)24-48-35(49)32(44)37(48)61-41)36(50)33(45-46-16-19-55-20-17-46)29-14-15-30(56-22-25-6-10-27(53-4)11-7-25)34(31(29)43)57-23-26-8-12-28(54-5)13-9-26/h6-15,32,37H,16-24,44H2,1-5H3/b45-33-/t32-,37?,41-/m1/s1. The molecule has 0 aromatic heterocycles. The third-order valence-electron chi connectivity index (χ3n) is 9.64. The number of hydrogen-bond donors (Lipinski definition) is 1. The second kappa shape index (κ2) is 19.9. The number of rotatable bonds is 16. The maximum atomic E-state index is 15.0. The van der Waals surface area contributed by atoms with Crippen LogP contribution in [0.15, 0.2) is 65.8 Å². The van der Waals surface area contributed by atoms with E-state index in [1.807, 2.05) is 36.4 Å². The van der Waals surface area contributed by atoms with Crippen molar-refractivity contribution in [1.82, 2.24) is 14.8 Å². The van der Waals surface area contributed by atoms with Gasteiger partial charge in [-0.3, -0.25) is 19.4 Å². The van der Waals surface area contributed by atoms with E-state index < -0.39 is 39.1 Å². The molecule has 3 aromatic carbocycles. The van der Waals surface area contributed by atoms with Gasteiger partial charge < -0.3 is 43.7 Å². The number of imide groups is 1. The lowest BCUT2D eigenvalue weighted by Gasteiger charge is -2.38. The Balaban J connectivity index is 1.35. The van der Waals surface area contributed by atoms with E-state index in [0.29, 0.717) is 37.8 Å². The van der Waals surface area contributed by atoms with Crippen LogP contribution in [0.4, 0.5) is 4.79 Å². The highest BCUT2D eigenvalue weighted by Crippen LogP contribution is 2.52. The number of β-lactam (4-membered cyclic amide) rings is 1. The topological polar surface area (TPSA) is 181 Å². The van der Waals surface area contributed by atoms with E-state index in [0.717, 1.165) is 39.6 Å². The Morgan fingerprint density at radius 2 is 1.59 bits per heavy atom. The number of fused-ring (bicyclic) bond motifs is 1. The molecule has 1 unspecified atom stereocenters. The first-order chi connectivity index (χ1) is 29.2. The molecular formula is C41H47BClN5O11S2. The minimum atomic E-state index is -1.36. The van der Waals surface area contributed by atoms with Crippen LogP contribution >= 0.6 is 35.1 Å². The van der Waals surface area contributed by atoms with Crippen LogP contribution in [-0.2, 0) is 41.7 Å². The van der Waals surface area contributed by atoms with Gasteiger partial charge in [0.05, 0.1) is 52.1 Å². The zero-order valence-electron chi connectivity index (χ0n) is 34.4. The molecule has 3 amide bonds. The normalized spacial score (nSPS) is 20.0. The summed E-state index contributed by atoms with van der Waals surface area (Å²) < 4.78 is 37.8. The van der Waals surface area contributed by atoms with Gasteiger partial charge in [-0.1, -0.05) is 35.9 Å². The molecule has 2 radical (unpaired) electrons. The van der Waals surface area contributed by atoms with E-state index in [2.05, 4.69) is 4.65 Å². The molecule has 3 saturated heterocycles. The summed E-state index contributed by atoms with van der Waals surface area (Å²) >= 11 is 9.46. The minimum absolute atomic E-state index is 0.00264. The molecule has 61 heavy (non-hydrogen) atoms. The lowest BCUT2D eigenvalue weighted by molar-refractivity contribution is -0.144. The molecule has 3 heterocycles. The van der Waals surface area contributed by atoms with Gasteiger partial charge >= 0.3 is 20.1 Å². The molecule has 2 N–H and O–H groups in total. The Morgan fingerprint density at radius 1 is 0.984 bits per heavy atom. The quantitative estimate of drug-likeness (QED) is 0.120. The lowest BCUT2D eigenvalue weighted by Crippen LogP contribution is -2.64. The molecule has 3 aliphatic heterocycles. The van der Waals surface area contributed by atoms with Gasteiger partial charge in [0.25, 0.3) is 5.91 Å². The molecular weight excluding hydrogens is 849 g/mol. The van der Waals surface area contributed by atoms with Gasteiger partial charge in [0, 0.05) is 17.9 Å². The zero-order chi connectivity index (χ0) is 43.9. The molecule has 0 aliphatic carbocycles. The highest BCUT2D eigenvalue weighted by molar-refractivity contribution is 8.20. The van der Waals surface area contributed by atoms with Crippen LogP contribution < -0.4 is 24.7 Å². The van der Waals surface area contributed by atoms with Crippen molar-refractivity contribution in [3.63, 3.8) is 0 Å². The van der Waals surface area contributed by atoms with Crippen molar-refractivity contribution in [2.24, 2.45) is 10.8 Å². The molecule has 0 saturated carbocycles. The maximum absolute atomic E-state index is 15.0. The van der Waals surface area contributed by atoms with Crippen molar-refractivity contribution < 1.29 is 52.3 Å². The fourth-order valence-electron chi connectivity index (χ4n) is 6.41. The lowest BCUT2D eigenvalue weighted by atomic mass is 10.1. The van der Waals surface area contributed by atoms with Gasteiger partial charge in [-0.2, -0.15) is 5.10 Å². The first-order valence-electron chi connectivity index (χ1n) is 19.3. The summed E-state index contributed by atoms with van der Waals surface area (Å²) in [6.07, 6.45) is -0.963. The van der Waals surface area contributed by atoms with Gasteiger partial charge in [-0.05, 0) is 68.3 Å². The molecule has 0 spiro atoms. The summed E-state index contributed by atoms with van der Waals surface area (Å²) in [7, 11) is 8.51. The van der Waals surface area contributed by atoms with Crippen molar-refractivity contribution in [3.05, 3.63) is 82.4 Å². The molecule has 3 aliphatic rings. The molecule has 3 aromatic rings. The predicted molar refractivity (Wildman–Crippen MR) is 231 cm³/mol. The van der Waals surface area contributed by atoms with Crippen LogP contribution in [0.3, 0.4) is 0 Å². The van der Waals surface area contributed by atoms with Gasteiger partial charge in [-0.15, -0.1) is 23.5 Å². The maximum Gasteiger partial charge on any atom is 0.417 e. The average Bonchev–Trinajstić information content (AvgIpc) is 3.62. The smallest absolute Gasteiger partial charge is 0.417 e. The van der Waals surface area contributed by atoms with Crippen LogP contribution in [0.2, 0.25) is 5.02 Å². The highest BCUT2D eigenvalue weighted by atomic mass is 35.5. The fourth-order valence-corrected chi connectivity index (χ4v) is 9.85. The third-order valence-corrected chi connectivity index (χ3v) is 13.3. The van der Waals surface area contributed by atoms with Crippen LogP contribution in [0.1, 0.15) is 37.5 Å². The number of halogens is 1. The number of nitrogens with zero attached hydrogens (tertiary/aromatic N) is 4. The molecule has 20 heteroatoms. The van der Waals surface area contributed by atoms with E-state index in [1.165, 1.54) is 4.90 Å². The predicted octanol–water partition coefficient (Wildman–Crippen LogP) is 4.61. The Kier molecular flexibility index (Phi) is 14.9. The van der Waals surface area contributed by atoms with E-state index in [4.69, 9.17) is 58.9 Å². The summed E-state index contributed by atoms with van der Waals surface area (Å²) in [6, 6.07) is 17.1. The van der Waals surface area contributed by atoms with E-state index >= 15 is 0 Å². The number of amides is 3. The number of nitrogens with two attached hydrogens (primary N) is 1. The van der Waals surface area contributed by atoms with Crippen molar-refractivity contribution >= 4 is 72.8 Å². The zero-order valence-corrected chi connectivity index (χ0v) is 36.8. The number of ether oxygens (including phenoxy) is 6. The molecule has 3 atom stereocenters. The number of thioether (sulfide) groups is 2.